The van der Waals surface area contributed by atoms with Crippen molar-refractivity contribution in [3.63, 3.8) is 0 Å². The summed E-state index contributed by atoms with van der Waals surface area (Å²) in [4.78, 5) is 7.07. The number of fused-ring (bicyclic) bond motifs is 2. The Labute approximate surface area is 127 Å². The highest BCUT2D eigenvalue weighted by Gasteiger charge is 2.22. The summed E-state index contributed by atoms with van der Waals surface area (Å²) in [6, 6.07) is 0. The summed E-state index contributed by atoms with van der Waals surface area (Å²) in [6.07, 6.45) is 18.9. The van der Waals surface area contributed by atoms with Gasteiger partial charge in [0.15, 0.2) is 0 Å². The van der Waals surface area contributed by atoms with Crippen molar-refractivity contribution >= 4 is 5.71 Å². The summed E-state index contributed by atoms with van der Waals surface area (Å²) in [5, 5.41) is 0. The maximum absolute atomic E-state index is 4.83. The van der Waals surface area contributed by atoms with Crippen LogP contribution in [0.15, 0.2) is 63.9 Å². The van der Waals surface area contributed by atoms with Crippen molar-refractivity contribution in [1.82, 2.24) is 4.90 Å². The van der Waals surface area contributed by atoms with Crippen LogP contribution in [0.4, 0.5) is 0 Å². The van der Waals surface area contributed by atoms with Gasteiger partial charge in [-0.25, -0.2) is 0 Å². The van der Waals surface area contributed by atoms with E-state index in [0.717, 1.165) is 38.6 Å². The smallest absolute Gasteiger partial charge is 0.0479 e. The molecule has 1 heterocycles. The Bertz CT molecular complexity index is 595. The van der Waals surface area contributed by atoms with Gasteiger partial charge in [-0.1, -0.05) is 30.4 Å². The second-order valence-electron chi connectivity index (χ2n) is 6.18. The average Bonchev–Trinajstić information content (AvgIpc) is 2.65. The zero-order valence-corrected chi connectivity index (χ0v) is 13.1. The van der Waals surface area contributed by atoms with Gasteiger partial charge < -0.3 is 4.90 Å². The van der Waals surface area contributed by atoms with Gasteiger partial charge in [-0.2, -0.15) is 0 Å². The molecule has 0 saturated heterocycles. The Kier molecular flexibility index (Phi) is 4.35. The molecule has 2 heteroatoms. The lowest BCUT2D eigenvalue weighted by Gasteiger charge is -2.21. The summed E-state index contributed by atoms with van der Waals surface area (Å²) in [7, 11) is 4.26. The molecule has 110 valence electrons. The second-order valence-corrected chi connectivity index (χ2v) is 6.18. The molecule has 0 unspecified atom stereocenters. The van der Waals surface area contributed by atoms with Gasteiger partial charge in [-0.05, 0) is 75.0 Å². The maximum atomic E-state index is 4.83. The number of hydrogen-bond donors (Lipinski definition) is 0. The van der Waals surface area contributed by atoms with Crippen molar-refractivity contribution in [2.75, 3.05) is 20.6 Å². The lowest BCUT2D eigenvalue weighted by Crippen LogP contribution is -2.15. The van der Waals surface area contributed by atoms with Crippen LogP contribution in [0.25, 0.3) is 0 Å². The summed E-state index contributed by atoms with van der Waals surface area (Å²) in [6.45, 7) is 1.12. The molecule has 0 spiro atoms. The topological polar surface area (TPSA) is 15.6 Å². The van der Waals surface area contributed by atoms with E-state index in [2.05, 4.69) is 55.6 Å². The molecule has 2 aliphatic carbocycles. The minimum Gasteiger partial charge on any atom is -0.309 e. The van der Waals surface area contributed by atoms with Crippen LogP contribution in [-0.4, -0.2) is 31.3 Å². The zero-order valence-electron chi connectivity index (χ0n) is 13.1. The van der Waals surface area contributed by atoms with Gasteiger partial charge in [0.2, 0.25) is 0 Å². The SMILES string of the molecule is CN(C)CCCC1=NC=C2C=CCCC2=C2CC=CC=C12. The molecule has 0 N–H and O–H groups in total. The monoisotopic (exact) mass is 280 g/mol. The number of hydrogen-bond acceptors (Lipinski definition) is 2. The molecule has 0 amide bonds. The fourth-order valence-electron chi connectivity index (χ4n) is 3.22. The predicted octanol–water partition coefficient (Wildman–Crippen LogP) is 4.20. The van der Waals surface area contributed by atoms with E-state index in [-0.39, 0.29) is 0 Å². The van der Waals surface area contributed by atoms with Crippen LogP contribution in [0.2, 0.25) is 0 Å². The molecule has 0 atom stereocenters. The van der Waals surface area contributed by atoms with Gasteiger partial charge in [0.1, 0.15) is 0 Å². The van der Waals surface area contributed by atoms with E-state index in [1.165, 1.54) is 28.0 Å². The molecule has 3 rings (SSSR count). The first-order valence-corrected chi connectivity index (χ1v) is 7.94. The molecule has 0 aromatic carbocycles. The van der Waals surface area contributed by atoms with Crippen molar-refractivity contribution in [3.8, 4) is 0 Å². The molecule has 0 fully saturated rings. The maximum Gasteiger partial charge on any atom is 0.0479 e. The fraction of sp³-hybridized carbons (Fsp3) is 0.421. The summed E-state index contributed by atoms with van der Waals surface area (Å²) < 4.78 is 0. The first-order chi connectivity index (χ1) is 10.3. The van der Waals surface area contributed by atoms with Crippen LogP contribution in [0.1, 0.15) is 32.1 Å². The Morgan fingerprint density at radius 2 is 2.10 bits per heavy atom. The van der Waals surface area contributed by atoms with Crippen LogP contribution in [0, 0.1) is 0 Å². The molecule has 21 heavy (non-hydrogen) atoms. The van der Waals surface area contributed by atoms with E-state index in [1.54, 1.807) is 0 Å². The van der Waals surface area contributed by atoms with Gasteiger partial charge in [0.25, 0.3) is 0 Å². The van der Waals surface area contributed by atoms with E-state index in [4.69, 9.17) is 4.99 Å². The summed E-state index contributed by atoms with van der Waals surface area (Å²) in [5.41, 5.74) is 6.99. The zero-order chi connectivity index (χ0) is 14.7. The molecule has 0 saturated carbocycles. The van der Waals surface area contributed by atoms with Gasteiger partial charge >= 0.3 is 0 Å². The third-order valence-electron chi connectivity index (χ3n) is 4.31. The minimum atomic E-state index is 1.05. The van der Waals surface area contributed by atoms with Gasteiger partial charge in [-0.3, -0.25) is 4.99 Å². The van der Waals surface area contributed by atoms with Crippen molar-refractivity contribution in [2.24, 2.45) is 4.99 Å². The molecule has 0 aromatic heterocycles. The van der Waals surface area contributed by atoms with E-state index in [0.29, 0.717) is 0 Å². The van der Waals surface area contributed by atoms with Crippen molar-refractivity contribution in [1.29, 1.82) is 0 Å². The Morgan fingerprint density at radius 1 is 1.19 bits per heavy atom. The highest BCUT2D eigenvalue weighted by atomic mass is 15.0. The molecular weight excluding hydrogens is 256 g/mol. The number of nitrogens with zero attached hydrogens (tertiary/aromatic N) is 2. The van der Waals surface area contributed by atoms with E-state index < -0.39 is 0 Å². The number of aliphatic imine (C=N–C) groups is 1. The Balaban J connectivity index is 1.91. The molecular formula is C19H24N2. The molecule has 1 aliphatic heterocycles. The number of allylic oxidation sites excluding steroid dienone is 9. The Morgan fingerprint density at radius 3 is 2.95 bits per heavy atom. The van der Waals surface area contributed by atoms with Crippen molar-refractivity contribution < 1.29 is 0 Å². The van der Waals surface area contributed by atoms with E-state index >= 15 is 0 Å². The van der Waals surface area contributed by atoms with E-state index in [1.807, 2.05) is 0 Å². The number of rotatable bonds is 4. The van der Waals surface area contributed by atoms with Crippen molar-refractivity contribution in [2.45, 2.75) is 32.1 Å². The fourth-order valence-corrected chi connectivity index (χ4v) is 3.22. The summed E-state index contributed by atoms with van der Waals surface area (Å²) in [5.74, 6) is 0. The minimum absolute atomic E-state index is 1.05. The van der Waals surface area contributed by atoms with Gasteiger partial charge in [0, 0.05) is 11.9 Å². The highest BCUT2D eigenvalue weighted by molar-refractivity contribution is 6.05. The van der Waals surface area contributed by atoms with Gasteiger partial charge in [0.05, 0.1) is 0 Å². The predicted molar refractivity (Wildman–Crippen MR) is 90.5 cm³/mol. The quantitative estimate of drug-likeness (QED) is 0.753. The van der Waals surface area contributed by atoms with Crippen LogP contribution in [0.3, 0.4) is 0 Å². The third-order valence-corrected chi connectivity index (χ3v) is 4.31. The standard InChI is InChI=1S/C19H24N2/c1-21(2)13-7-12-19-18-11-6-5-10-17(18)16-9-4-3-8-15(16)14-20-19/h3,5-6,8,11,14H,4,7,9-10,12-13H2,1-2H3. The average molecular weight is 280 g/mol. The van der Waals surface area contributed by atoms with Crippen LogP contribution < -0.4 is 0 Å². The molecule has 2 nitrogen and oxygen atoms in total. The molecule has 0 radical (unpaired) electrons. The lowest BCUT2D eigenvalue weighted by atomic mass is 9.83. The second kappa shape index (κ2) is 6.40. The van der Waals surface area contributed by atoms with Crippen LogP contribution in [-0.2, 0) is 0 Å². The third kappa shape index (κ3) is 3.16. The van der Waals surface area contributed by atoms with E-state index in [9.17, 15) is 0 Å². The lowest BCUT2D eigenvalue weighted by molar-refractivity contribution is 0.404. The highest BCUT2D eigenvalue weighted by Crippen LogP contribution is 2.36. The van der Waals surface area contributed by atoms with Crippen LogP contribution in [0.5, 0.6) is 0 Å². The van der Waals surface area contributed by atoms with Crippen molar-refractivity contribution in [3.05, 3.63) is 58.9 Å². The normalized spacial score (nSPS) is 20.6. The Hall–Kier alpha value is -1.67. The first-order valence-electron chi connectivity index (χ1n) is 7.94. The molecule has 0 aromatic rings. The van der Waals surface area contributed by atoms with Gasteiger partial charge in [-0.15, -0.1) is 0 Å². The summed E-state index contributed by atoms with van der Waals surface area (Å²) >= 11 is 0. The molecule has 3 aliphatic rings. The molecule has 0 bridgehead atoms. The first kappa shape index (κ1) is 14.3. The largest absolute Gasteiger partial charge is 0.309 e. The van der Waals surface area contributed by atoms with Crippen LogP contribution >= 0.6 is 0 Å².